The first-order valence-corrected chi connectivity index (χ1v) is 10.4. The number of hydrogen-bond donors (Lipinski definition) is 2. The summed E-state index contributed by atoms with van der Waals surface area (Å²) in [6.45, 7) is 5.12. The fourth-order valence-corrected chi connectivity index (χ4v) is 3.84. The Morgan fingerprint density at radius 3 is 1.50 bits per heavy atom. The highest BCUT2D eigenvalue weighted by Crippen LogP contribution is 2.42. The average molecular weight is 387 g/mol. The molecule has 0 amide bonds. The van der Waals surface area contributed by atoms with Crippen LogP contribution in [0.25, 0.3) is 0 Å². The maximum atomic E-state index is 8.95. The van der Waals surface area contributed by atoms with Crippen LogP contribution in [0.3, 0.4) is 0 Å². The number of hydrogen-bond acceptors (Lipinski definition) is 4. The van der Waals surface area contributed by atoms with Gasteiger partial charge in [-0.2, -0.15) is 0 Å². The SMILES string of the molecule is CCCCC(CCC)(c1ccc(OCCO)cc1)c1ccc(OCCO)cc1. The van der Waals surface area contributed by atoms with E-state index in [-0.39, 0.29) is 18.6 Å². The zero-order chi connectivity index (χ0) is 20.2. The summed E-state index contributed by atoms with van der Waals surface area (Å²) in [5, 5.41) is 17.9. The van der Waals surface area contributed by atoms with E-state index in [1.54, 1.807) is 0 Å². The van der Waals surface area contributed by atoms with Crippen LogP contribution >= 0.6 is 0 Å². The Morgan fingerprint density at radius 2 is 1.14 bits per heavy atom. The number of aliphatic hydroxyl groups excluding tert-OH is 2. The van der Waals surface area contributed by atoms with E-state index in [2.05, 4.69) is 38.1 Å². The van der Waals surface area contributed by atoms with Gasteiger partial charge < -0.3 is 19.7 Å². The van der Waals surface area contributed by atoms with Crippen LogP contribution in [0.5, 0.6) is 11.5 Å². The monoisotopic (exact) mass is 386 g/mol. The zero-order valence-corrected chi connectivity index (χ0v) is 17.2. The van der Waals surface area contributed by atoms with Gasteiger partial charge in [0.25, 0.3) is 0 Å². The van der Waals surface area contributed by atoms with Crippen LogP contribution in [0.2, 0.25) is 0 Å². The molecule has 0 aliphatic carbocycles. The van der Waals surface area contributed by atoms with Gasteiger partial charge in [0.05, 0.1) is 13.2 Å². The maximum absolute atomic E-state index is 8.95. The molecule has 2 rings (SSSR count). The minimum absolute atomic E-state index is 0.0166. The van der Waals surface area contributed by atoms with Crippen LogP contribution in [0.1, 0.15) is 57.1 Å². The van der Waals surface area contributed by atoms with Crippen LogP contribution in [0.15, 0.2) is 48.5 Å². The van der Waals surface area contributed by atoms with Gasteiger partial charge >= 0.3 is 0 Å². The summed E-state index contributed by atoms with van der Waals surface area (Å²) in [5.41, 5.74) is 2.54. The van der Waals surface area contributed by atoms with Crippen LogP contribution < -0.4 is 9.47 Å². The first-order valence-electron chi connectivity index (χ1n) is 10.4. The van der Waals surface area contributed by atoms with Gasteiger partial charge in [-0.25, -0.2) is 0 Å². The van der Waals surface area contributed by atoms with Crippen LogP contribution in [-0.4, -0.2) is 36.6 Å². The van der Waals surface area contributed by atoms with Gasteiger partial charge in [0.2, 0.25) is 0 Å². The molecule has 4 heteroatoms. The van der Waals surface area contributed by atoms with Crippen LogP contribution in [0.4, 0.5) is 0 Å². The fourth-order valence-electron chi connectivity index (χ4n) is 3.84. The molecule has 0 fully saturated rings. The molecule has 2 aromatic carbocycles. The van der Waals surface area contributed by atoms with Crippen molar-refractivity contribution in [3.8, 4) is 11.5 Å². The lowest BCUT2D eigenvalue weighted by molar-refractivity contribution is 0.201. The predicted octanol–water partition coefficient (Wildman–Crippen LogP) is 4.71. The van der Waals surface area contributed by atoms with E-state index in [9.17, 15) is 0 Å². The normalized spacial score (nSPS) is 11.4. The van der Waals surface area contributed by atoms with Crippen molar-refractivity contribution in [2.24, 2.45) is 0 Å². The molecule has 0 aliphatic heterocycles. The molecule has 28 heavy (non-hydrogen) atoms. The third kappa shape index (κ3) is 5.73. The van der Waals surface area contributed by atoms with Crippen molar-refractivity contribution >= 4 is 0 Å². The van der Waals surface area contributed by atoms with Crippen molar-refractivity contribution < 1.29 is 19.7 Å². The summed E-state index contributed by atoms with van der Waals surface area (Å²) in [5.74, 6) is 1.57. The summed E-state index contributed by atoms with van der Waals surface area (Å²) in [4.78, 5) is 0. The standard InChI is InChI=1S/C24H34O4/c1-3-5-15-24(14-4-2,20-6-10-22(11-7-20)27-18-16-25)21-8-12-23(13-9-21)28-19-17-26/h6-13,25-26H,3-5,14-19H2,1-2H3. The van der Waals surface area contributed by atoms with Crippen molar-refractivity contribution in [3.05, 3.63) is 59.7 Å². The Bertz CT molecular complexity index is 613. The number of benzene rings is 2. The van der Waals surface area contributed by atoms with Gasteiger partial charge in [0.1, 0.15) is 24.7 Å². The van der Waals surface area contributed by atoms with Crippen molar-refractivity contribution in [1.82, 2.24) is 0 Å². The first-order chi connectivity index (χ1) is 13.7. The van der Waals surface area contributed by atoms with E-state index < -0.39 is 0 Å². The van der Waals surface area contributed by atoms with E-state index >= 15 is 0 Å². The fraction of sp³-hybridized carbons (Fsp3) is 0.500. The van der Waals surface area contributed by atoms with Gasteiger partial charge in [0.15, 0.2) is 0 Å². The van der Waals surface area contributed by atoms with Gasteiger partial charge in [-0.15, -0.1) is 0 Å². The van der Waals surface area contributed by atoms with E-state index in [0.717, 1.165) is 43.6 Å². The first kappa shape index (κ1) is 22.3. The molecule has 4 nitrogen and oxygen atoms in total. The molecule has 2 aromatic rings. The van der Waals surface area contributed by atoms with Gasteiger partial charge in [-0.1, -0.05) is 57.4 Å². The number of rotatable bonds is 13. The highest BCUT2D eigenvalue weighted by atomic mass is 16.5. The van der Waals surface area contributed by atoms with Gasteiger partial charge in [-0.3, -0.25) is 0 Å². The van der Waals surface area contributed by atoms with Crippen LogP contribution in [0, 0.1) is 0 Å². The third-order valence-corrected chi connectivity index (χ3v) is 5.17. The highest BCUT2D eigenvalue weighted by Gasteiger charge is 2.32. The molecule has 0 aromatic heterocycles. The second-order valence-electron chi connectivity index (χ2n) is 7.13. The largest absolute Gasteiger partial charge is 0.491 e. The molecular weight excluding hydrogens is 352 g/mol. The predicted molar refractivity (Wildman–Crippen MR) is 113 cm³/mol. The molecule has 0 saturated heterocycles. The average Bonchev–Trinajstić information content (AvgIpc) is 2.74. The van der Waals surface area contributed by atoms with E-state index in [1.165, 1.54) is 11.1 Å². The third-order valence-electron chi connectivity index (χ3n) is 5.17. The Kier molecular flexibility index (Phi) is 9.32. The summed E-state index contributed by atoms with van der Waals surface area (Å²) >= 11 is 0. The van der Waals surface area contributed by atoms with Crippen molar-refractivity contribution in [2.75, 3.05) is 26.4 Å². The molecule has 154 valence electrons. The molecule has 0 spiro atoms. The second-order valence-corrected chi connectivity index (χ2v) is 7.13. The Labute approximate surface area is 169 Å². The van der Waals surface area contributed by atoms with Gasteiger partial charge in [-0.05, 0) is 48.2 Å². The Balaban J connectivity index is 2.38. The summed E-state index contributed by atoms with van der Waals surface area (Å²) in [7, 11) is 0. The van der Waals surface area contributed by atoms with Crippen molar-refractivity contribution in [3.63, 3.8) is 0 Å². The quantitative estimate of drug-likeness (QED) is 0.524. The Hall–Kier alpha value is -2.04. The molecule has 0 radical (unpaired) electrons. The summed E-state index contributed by atoms with van der Waals surface area (Å²) < 4.78 is 11.1. The molecular formula is C24H34O4. The molecule has 0 saturated carbocycles. The topological polar surface area (TPSA) is 58.9 Å². The minimum Gasteiger partial charge on any atom is -0.491 e. The highest BCUT2D eigenvalue weighted by molar-refractivity contribution is 5.43. The molecule has 0 unspecified atom stereocenters. The lowest BCUT2D eigenvalue weighted by Crippen LogP contribution is -2.28. The van der Waals surface area contributed by atoms with Crippen molar-refractivity contribution in [2.45, 2.75) is 51.4 Å². The number of unbranched alkanes of at least 4 members (excludes halogenated alkanes) is 1. The lowest BCUT2D eigenvalue weighted by atomic mass is 9.68. The van der Waals surface area contributed by atoms with E-state index in [1.807, 2.05) is 24.3 Å². The summed E-state index contributed by atoms with van der Waals surface area (Å²) in [6, 6.07) is 16.6. The molecule has 2 N–H and O–H groups in total. The van der Waals surface area contributed by atoms with Crippen molar-refractivity contribution in [1.29, 1.82) is 0 Å². The molecule has 0 bridgehead atoms. The molecule has 0 aliphatic rings. The van der Waals surface area contributed by atoms with E-state index in [4.69, 9.17) is 19.7 Å². The maximum Gasteiger partial charge on any atom is 0.119 e. The Morgan fingerprint density at radius 1 is 0.679 bits per heavy atom. The smallest absolute Gasteiger partial charge is 0.119 e. The molecule has 0 atom stereocenters. The van der Waals surface area contributed by atoms with Crippen LogP contribution in [-0.2, 0) is 5.41 Å². The van der Waals surface area contributed by atoms with E-state index in [0.29, 0.717) is 13.2 Å². The zero-order valence-electron chi connectivity index (χ0n) is 17.2. The molecule has 0 heterocycles. The number of aliphatic hydroxyl groups is 2. The minimum atomic E-state index is -0.0459. The number of ether oxygens (including phenoxy) is 2. The lowest BCUT2D eigenvalue weighted by Gasteiger charge is -2.35. The van der Waals surface area contributed by atoms with Gasteiger partial charge in [0, 0.05) is 5.41 Å². The summed E-state index contributed by atoms with van der Waals surface area (Å²) in [6.07, 6.45) is 5.56. The second kappa shape index (κ2) is 11.7.